The Labute approximate surface area is 117 Å². The molecule has 0 bridgehead atoms. The van der Waals surface area contributed by atoms with E-state index in [0.29, 0.717) is 37.6 Å². The number of hydrogen-bond donors (Lipinski definition) is 1. The molecule has 5 nitrogen and oxygen atoms in total. The lowest BCUT2D eigenvalue weighted by Crippen LogP contribution is -2.43. The van der Waals surface area contributed by atoms with Crippen molar-refractivity contribution in [1.82, 2.24) is 4.90 Å². The first-order valence-corrected chi connectivity index (χ1v) is 6.61. The normalized spacial score (nSPS) is 16.9. The van der Waals surface area contributed by atoms with Crippen molar-refractivity contribution >= 4 is 5.91 Å². The molecular weight excluding hydrogens is 263 g/mol. The first kappa shape index (κ1) is 14.7. The maximum Gasteiger partial charge on any atom is 0.260 e. The van der Waals surface area contributed by atoms with Crippen molar-refractivity contribution in [2.24, 2.45) is 5.73 Å². The molecule has 0 saturated carbocycles. The van der Waals surface area contributed by atoms with Gasteiger partial charge in [-0.2, -0.15) is 0 Å². The molecular formula is C14H19FN2O3. The summed E-state index contributed by atoms with van der Waals surface area (Å²) in [5.41, 5.74) is 6.33. The van der Waals surface area contributed by atoms with Crippen LogP contribution in [0.25, 0.3) is 0 Å². The van der Waals surface area contributed by atoms with Crippen LogP contribution in [0, 0.1) is 5.82 Å². The molecule has 1 aliphatic heterocycles. The van der Waals surface area contributed by atoms with Crippen LogP contribution in [0.5, 0.6) is 5.75 Å². The molecule has 0 spiro atoms. The second kappa shape index (κ2) is 6.67. The fraction of sp³-hybridized carbons (Fsp3) is 0.500. The van der Waals surface area contributed by atoms with E-state index in [1.54, 1.807) is 11.8 Å². The number of amides is 1. The van der Waals surface area contributed by atoms with Crippen LogP contribution in [0.4, 0.5) is 4.39 Å². The zero-order valence-corrected chi connectivity index (χ0v) is 11.5. The van der Waals surface area contributed by atoms with Crippen molar-refractivity contribution in [3.8, 4) is 5.75 Å². The number of hydrogen-bond acceptors (Lipinski definition) is 4. The Balaban J connectivity index is 1.98. The molecule has 20 heavy (non-hydrogen) atoms. The molecule has 2 rings (SSSR count). The van der Waals surface area contributed by atoms with Gasteiger partial charge in [0.15, 0.2) is 6.61 Å². The lowest BCUT2D eigenvalue weighted by Gasteiger charge is -2.27. The Morgan fingerprint density at radius 2 is 2.20 bits per heavy atom. The summed E-state index contributed by atoms with van der Waals surface area (Å²) in [6, 6.07) is 3.76. The molecule has 1 amide bonds. The van der Waals surface area contributed by atoms with Crippen molar-refractivity contribution in [3.05, 3.63) is 29.6 Å². The zero-order chi connectivity index (χ0) is 14.5. The van der Waals surface area contributed by atoms with Crippen LogP contribution in [0.15, 0.2) is 18.2 Å². The predicted octanol–water partition coefficient (Wildman–Crippen LogP) is 1.08. The number of carbonyl (C=O) groups excluding carboxylic acids is 1. The molecule has 0 radical (unpaired) electrons. The van der Waals surface area contributed by atoms with E-state index in [0.717, 1.165) is 0 Å². The fourth-order valence-corrected chi connectivity index (χ4v) is 2.05. The first-order chi connectivity index (χ1) is 9.58. The molecule has 1 atom stereocenters. The SMILES string of the molecule is C[C@H](N)c1cc(F)ccc1OCC(=O)N1CCOCC1. The molecule has 1 heterocycles. The number of rotatable bonds is 4. The number of nitrogens with zero attached hydrogens (tertiary/aromatic N) is 1. The quantitative estimate of drug-likeness (QED) is 0.897. The summed E-state index contributed by atoms with van der Waals surface area (Å²) in [5, 5.41) is 0. The van der Waals surface area contributed by atoms with Gasteiger partial charge in [-0.25, -0.2) is 4.39 Å². The molecule has 0 aliphatic carbocycles. The smallest absolute Gasteiger partial charge is 0.260 e. The molecule has 110 valence electrons. The van der Waals surface area contributed by atoms with E-state index >= 15 is 0 Å². The number of carbonyl (C=O) groups is 1. The highest BCUT2D eigenvalue weighted by Crippen LogP contribution is 2.24. The molecule has 1 aromatic rings. The van der Waals surface area contributed by atoms with Gasteiger partial charge in [-0.05, 0) is 25.1 Å². The molecule has 1 aromatic carbocycles. The first-order valence-electron chi connectivity index (χ1n) is 6.61. The second-order valence-electron chi connectivity index (χ2n) is 4.75. The minimum Gasteiger partial charge on any atom is -0.483 e. The monoisotopic (exact) mass is 282 g/mol. The molecule has 0 unspecified atom stereocenters. The Hall–Kier alpha value is -1.66. The average Bonchev–Trinajstić information content (AvgIpc) is 2.46. The van der Waals surface area contributed by atoms with Crippen LogP contribution in [0.1, 0.15) is 18.5 Å². The summed E-state index contributed by atoms with van der Waals surface area (Å²) in [6.45, 7) is 3.91. The van der Waals surface area contributed by atoms with Crippen LogP contribution in [0.3, 0.4) is 0 Å². The van der Waals surface area contributed by atoms with Crippen LogP contribution >= 0.6 is 0 Å². The van der Waals surface area contributed by atoms with E-state index in [4.69, 9.17) is 15.2 Å². The van der Waals surface area contributed by atoms with Crippen molar-refractivity contribution in [1.29, 1.82) is 0 Å². The van der Waals surface area contributed by atoms with Gasteiger partial charge in [0.25, 0.3) is 5.91 Å². The topological polar surface area (TPSA) is 64.8 Å². The Morgan fingerprint density at radius 1 is 1.50 bits per heavy atom. The molecule has 2 N–H and O–H groups in total. The van der Waals surface area contributed by atoms with Gasteiger partial charge < -0.3 is 20.1 Å². The van der Waals surface area contributed by atoms with Crippen molar-refractivity contribution in [2.45, 2.75) is 13.0 Å². The maximum absolute atomic E-state index is 13.2. The van der Waals surface area contributed by atoms with Gasteiger partial charge in [0, 0.05) is 24.7 Å². The van der Waals surface area contributed by atoms with Gasteiger partial charge in [-0.3, -0.25) is 4.79 Å². The second-order valence-corrected chi connectivity index (χ2v) is 4.75. The van der Waals surface area contributed by atoms with E-state index in [9.17, 15) is 9.18 Å². The predicted molar refractivity (Wildman–Crippen MR) is 71.9 cm³/mol. The Kier molecular flexibility index (Phi) is 4.92. The highest BCUT2D eigenvalue weighted by Gasteiger charge is 2.18. The minimum atomic E-state index is -0.371. The van der Waals surface area contributed by atoms with E-state index in [1.165, 1.54) is 18.2 Å². The maximum atomic E-state index is 13.2. The lowest BCUT2D eigenvalue weighted by molar-refractivity contribution is -0.137. The molecule has 6 heteroatoms. The number of morpholine rings is 1. The number of halogens is 1. The van der Waals surface area contributed by atoms with Gasteiger partial charge >= 0.3 is 0 Å². The van der Waals surface area contributed by atoms with Crippen LogP contribution < -0.4 is 10.5 Å². The van der Waals surface area contributed by atoms with Gasteiger partial charge in [0.2, 0.25) is 0 Å². The summed E-state index contributed by atoms with van der Waals surface area (Å²) in [4.78, 5) is 13.7. The van der Waals surface area contributed by atoms with Gasteiger partial charge in [-0.15, -0.1) is 0 Å². The third-order valence-corrected chi connectivity index (χ3v) is 3.18. The van der Waals surface area contributed by atoms with Crippen molar-refractivity contribution < 1.29 is 18.7 Å². The van der Waals surface area contributed by atoms with E-state index in [2.05, 4.69) is 0 Å². The van der Waals surface area contributed by atoms with Crippen LogP contribution in [-0.4, -0.2) is 43.7 Å². The van der Waals surface area contributed by atoms with E-state index in [1.807, 2.05) is 0 Å². The largest absolute Gasteiger partial charge is 0.483 e. The molecule has 0 aromatic heterocycles. The fourth-order valence-electron chi connectivity index (χ4n) is 2.05. The highest BCUT2D eigenvalue weighted by atomic mass is 19.1. The van der Waals surface area contributed by atoms with E-state index in [-0.39, 0.29) is 24.4 Å². The standard InChI is InChI=1S/C14H19FN2O3/c1-10(16)12-8-11(15)2-3-13(12)20-9-14(18)17-4-6-19-7-5-17/h2-3,8,10H,4-7,9,16H2,1H3/t10-/m0/s1. The summed E-state index contributed by atoms with van der Waals surface area (Å²) >= 11 is 0. The summed E-state index contributed by atoms with van der Waals surface area (Å²) < 4.78 is 23.9. The number of nitrogens with two attached hydrogens (primary N) is 1. The number of benzene rings is 1. The molecule has 1 saturated heterocycles. The van der Waals surface area contributed by atoms with E-state index < -0.39 is 0 Å². The average molecular weight is 282 g/mol. The third kappa shape index (κ3) is 3.68. The third-order valence-electron chi connectivity index (χ3n) is 3.18. The summed E-state index contributed by atoms with van der Waals surface area (Å²) in [5.74, 6) is -0.0274. The summed E-state index contributed by atoms with van der Waals surface area (Å²) in [6.07, 6.45) is 0. The lowest BCUT2D eigenvalue weighted by atomic mass is 10.1. The van der Waals surface area contributed by atoms with Gasteiger partial charge in [0.1, 0.15) is 11.6 Å². The highest BCUT2D eigenvalue weighted by molar-refractivity contribution is 5.77. The van der Waals surface area contributed by atoms with Crippen LogP contribution in [0.2, 0.25) is 0 Å². The van der Waals surface area contributed by atoms with Gasteiger partial charge in [0.05, 0.1) is 13.2 Å². The minimum absolute atomic E-state index is 0.0780. The zero-order valence-electron chi connectivity index (χ0n) is 11.5. The molecule has 1 fully saturated rings. The summed E-state index contributed by atoms with van der Waals surface area (Å²) in [7, 11) is 0. The Morgan fingerprint density at radius 3 is 2.85 bits per heavy atom. The van der Waals surface area contributed by atoms with Crippen LogP contribution in [-0.2, 0) is 9.53 Å². The van der Waals surface area contributed by atoms with Crippen molar-refractivity contribution in [2.75, 3.05) is 32.9 Å². The molecule has 1 aliphatic rings. The Bertz CT molecular complexity index is 473. The number of ether oxygens (including phenoxy) is 2. The van der Waals surface area contributed by atoms with Crippen molar-refractivity contribution in [3.63, 3.8) is 0 Å². The van der Waals surface area contributed by atoms with Gasteiger partial charge in [-0.1, -0.05) is 0 Å².